The lowest BCUT2D eigenvalue weighted by Gasteiger charge is -2.01. The van der Waals surface area contributed by atoms with Crippen molar-refractivity contribution in [1.82, 2.24) is 4.98 Å². The molecule has 1 amide bonds. The van der Waals surface area contributed by atoms with Gasteiger partial charge in [0.2, 0.25) is 0 Å². The molecule has 2 heterocycles. The number of amides is 1. The van der Waals surface area contributed by atoms with Gasteiger partial charge in [-0.2, -0.15) is 5.26 Å². The van der Waals surface area contributed by atoms with Gasteiger partial charge < -0.3 is 4.42 Å². The maximum Gasteiger partial charge on any atom is 0.268 e. The van der Waals surface area contributed by atoms with Crippen LogP contribution in [-0.2, 0) is 11.2 Å². The SMILES string of the molecule is N#CC(=Cc1ccc(-c2cccc(Cl)c2)o1)C(=O)Nc1ncc(Cc2ccc(Cl)c(Cl)c2)s1. The van der Waals surface area contributed by atoms with E-state index in [-0.39, 0.29) is 5.57 Å². The van der Waals surface area contributed by atoms with Gasteiger partial charge in [-0.1, -0.05) is 53.0 Å². The lowest BCUT2D eigenvalue weighted by Crippen LogP contribution is -2.13. The third-order valence-electron chi connectivity index (χ3n) is 4.52. The van der Waals surface area contributed by atoms with Crippen LogP contribution >= 0.6 is 46.1 Å². The van der Waals surface area contributed by atoms with Crippen molar-refractivity contribution in [2.24, 2.45) is 0 Å². The Morgan fingerprint density at radius 1 is 1.12 bits per heavy atom. The van der Waals surface area contributed by atoms with E-state index in [1.807, 2.05) is 24.3 Å². The molecule has 0 aliphatic heterocycles. The highest BCUT2D eigenvalue weighted by Gasteiger charge is 2.14. The number of furan rings is 1. The van der Waals surface area contributed by atoms with Crippen molar-refractivity contribution in [2.75, 3.05) is 5.32 Å². The lowest BCUT2D eigenvalue weighted by atomic mass is 10.1. The van der Waals surface area contributed by atoms with Crippen LogP contribution in [0.1, 0.15) is 16.2 Å². The van der Waals surface area contributed by atoms with Crippen LogP contribution in [0.25, 0.3) is 17.4 Å². The summed E-state index contributed by atoms with van der Waals surface area (Å²) in [6, 6.07) is 17.9. The minimum Gasteiger partial charge on any atom is -0.457 e. The number of nitrogens with one attached hydrogen (secondary N) is 1. The summed E-state index contributed by atoms with van der Waals surface area (Å²) in [6.07, 6.45) is 3.64. The minimum absolute atomic E-state index is 0.108. The van der Waals surface area contributed by atoms with Crippen molar-refractivity contribution in [3.05, 3.63) is 97.6 Å². The predicted molar refractivity (Wildman–Crippen MR) is 133 cm³/mol. The monoisotopic (exact) mass is 513 g/mol. The fraction of sp³-hybridized carbons (Fsp3) is 0.0417. The lowest BCUT2D eigenvalue weighted by molar-refractivity contribution is -0.112. The molecule has 0 aliphatic rings. The molecule has 4 rings (SSSR count). The number of hydrogen-bond donors (Lipinski definition) is 1. The summed E-state index contributed by atoms with van der Waals surface area (Å²) in [6.45, 7) is 0. The van der Waals surface area contributed by atoms with Crippen molar-refractivity contribution in [3.63, 3.8) is 0 Å². The molecule has 0 fully saturated rings. The van der Waals surface area contributed by atoms with E-state index < -0.39 is 5.91 Å². The molecule has 2 aromatic carbocycles. The number of nitriles is 1. The van der Waals surface area contributed by atoms with E-state index in [1.54, 1.807) is 42.6 Å². The smallest absolute Gasteiger partial charge is 0.268 e. The van der Waals surface area contributed by atoms with Gasteiger partial charge in [0.1, 0.15) is 23.2 Å². The number of carbonyl (C=O) groups excluding carboxylic acids is 1. The third-order valence-corrected chi connectivity index (χ3v) is 6.41. The zero-order chi connectivity index (χ0) is 23.4. The first-order valence-electron chi connectivity index (χ1n) is 9.59. The fourth-order valence-electron chi connectivity index (χ4n) is 2.98. The molecule has 2 aromatic heterocycles. The highest BCUT2D eigenvalue weighted by Crippen LogP contribution is 2.28. The summed E-state index contributed by atoms with van der Waals surface area (Å²) in [5, 5.41) is 14.1. The van der Waals surface area contributed by atoms with Gasteiger partial charge in [-0.25, -0.2) is 4.98 Å². The second kappa shape index (κ2) is 10.2. The number of rotatable bonds is 6. The third kappa shape index (κ3) is 5.84. The van der Waals surface area contributed by atoms with Crippen LogP contribution in [0.15, 0.2) is 70.8 Å². The zero-order valence-electron chi connectivity index (χ0n) is 16.8. The molecule has 0 unspecified atom stereocenters. The molecule has 33 heavy (non-hydrogen) atoms. The molecular formula is C24H14Cl3N3O2S. The van der Waals surface area contributed by atoms with Crippen molar-refractivity contribution in [3.8, 4) is 17.4 Å². The number of carbonyl (C=O) groups is 1. The van der Waals surface area contributed by atoms with Crippen molar-refractivity contribution in [1.29, 1.82) is 5.26 Å². The molecule has 164 valence electrons. The number of hydrogen-bond acceptors (Lipinski definition) is 5. The summed E-state index contributed by atoms with van der Waals surface area (Å²) < 4.78 is 5.75. The summed E-state index contributed by atoms with van der Waals surface area (Å²) in [5.41, 5.74) is 1.66. The molecule has 5 nitrogen and oxygen atoms in total. The van der Waals surface area contributed by atoms with Gasteiger partial charge in [-0.3, -0.25) is 10.1 Å². The minimum atomic E-state index is -0.575. The summed E-state index contributed by atoms with van der Waals surface area (Å²) >= 11 is 19.3. The number of nitrogens with zero attached hydrogens (tertiary/aromatic N) is 2. The quantitative estimate of drug-likeness (QED) is 0.213. The van der Waals surface area contributed by atoms with Crippen LogP contribution in [-0.4, -0.2) is 10.9 Å². The van der Waals surface area contributed by atoms with Crippen LogP contribution < -0.4 is 5.32 Å². The highest BCUT2D eigenvalue weighted by atomic mass is 35.5. The molecule has 4 aromatic rings. The molecule has 1 N–H and O–H groups in total. The van der Waals surface area contributed by atoms with Gasteiger partial charge in [0.05, 0.1) is 10.0 Å². The second-order valence-corrected chi connectivity index (χ2v) is 9.26. The molecule has 0 radical (unpaired) electrons. The highest BCUT2D eigenvalue weighted by molar-refractivity contribution is 7.15. The fourth-order valence-corrected chi connectivity index (χ4v) is 4.33. The van der Waals surface area contributed by atoms with E-state index >= 15 is 0 Å². The van der Waals surface area contributed by atoms with Crippen LogP contribution in [0, 0.1) is 11.3 Å². The predicted octanol–water partition coefficient (Wildman–Crippen LogP) is 7.50. The Labute approximate surface area is 208 Å². The molecule has 9 heteroatoms. The number of anilines is 1. The Balaban J connectivity index is 1.45. The van der Waals surface area contributed by atoms with Crippen LogP contribution in [0.3, 0.4) is 0 Å². The average Bonchev–Trinajstić information content (AvgIpc) is 3.44. The van der Waals surface area contributed by atoms with E-state index in [1.165, 1.54) is 17.4 Å². The van der Waals surface area contributed by atoms with Crippen molar-refractivity contribution in [2.45, 2.75) is 6.42 Å². The van der Waals surface area contributed by atoms with Crippen molar-refractivity contribution >= 4 is 63.3 Å². The molecule has 0 aliphatic carbocycles. The van der Waals surface area contributed by atoms with Crippen LogP contribution in [0.5, 0.6) is 0 Å². The van der Waals surface area contributed by atoms with Gasteiger partial charge >= 0.3 is 0 Å². The Morgan fingerprint density at radius 3 is 2.73 bits per heavy atom. The zero-order valence-corrected chi connectivity index (χ0v) is 19.9. The molecular weight excluding hydrogens is 501 g/mol. The summed E-state index contributed by atoms with van der Waals surface area (Å²) in [5.74, 6) is 0.373. The van der Waals surface area contributed by atoms with Gasteiger partial charge in [-0.15, -0.1) is 11.3 Å². The number of thiazole rings is 1. The first-order valence-corrected chi connectivity index (χ1v) is 11.5. The van der Waals surface area contributed by atoms with Crippen molar-refractivity contribution < 1.29 is 9.21 Å². The topological polar surface area (TPSA) is 78.9 Å². The average molecular weight is 515 g/mol. The molecule has 0 spiro atoms. The molecule has 0 saturated heterocycles. The first-order chi connectivity index (χ1) is 15.9. The first kappa shape index (κ1) is 23.1. The summed E-state index contributed by atoms with van der Waals surface area (Å²) in [4.78, 5) is 17.7. The Kier molecular flexibility index (Phi) is 7.17. The Morgan fingerprint density at radius 2 is 1.97 bits per heavy atom. The molecule has 0 atom stereocenters. The van der Waals surface area contributed by atoms with Gasteiger partial charge in [0, 0.05) is 34.2 Å². The summed E-state index contributed by atoms with van der Waals surface area (Å²) in [7, 11) is 0. The maximum absolute atomic E-state index is 12.6. The molecule has 0 bridgehead atoms. The van der Waals surface area contributed by atoms with E-state index in [0.717, 1.165) is 16.0 Å². The standard InChI is InChI=1S/C24H14Cl3N3O2S/c25-17-3-1-2-15(10-17)22-7-5-18(32-22)11-16(12-28)23(31)30-24-29-13-19(33-24)8-14-4-6-20(26)21(27)9-14/h1-7,9-11,13H,8H2,(H,29,30,31). The number of aromatic nitrogens is 1. The second-order valence-electron chi connectivity index (χ2n) is 6.89. The maximum atomic E-state index is 12.6. The number of halogens is 3. The van der Waals surface area contributed by atoms with E-state index in [4.69, 9.17) is 39.2 Å². The van der Waals surface area contributed by atoms with Gasteiger partial charge in [-0.05, 0) is 42.0 Å². The van der Waals surface area contributed by atoms with Gasteiger partial charge in [0.15, 0.2) is 5.13 Å². The Bertz CT molecular complexity index is 1400. The molecule has 0 saturated carbocycles. The number of benzene rings is 2. The van der Waals surface area contributed by atoms with E-state index in [2.05, 4.69) is 10.3 Å². The normalized spacial score (nSPS) is 11.3. The largest absolute Gasteiger partial charge is 0.457 e. The Hall–Kier alpha value is -3.08. The van der Waals surface area contributed by atoms with E-state index in [0.29, 0.717) is 38.1 Å². The van der Waals surface area contributed by atoms with Crippen LogP contribution in [0.2, 0.25) is 15.1 Å². The van der Waals surface area contributed by atoms with Crippen LogP contribution in [0.4, 0.5) is 5.13 Å². The van der Waals surface area contributed by atoms with Gasteiger partial charge in [0.25, 0.3) is 5.91 Å². The van der Waals surface area contributed by atoms with E-state index in [9.17, 15) is 10.1 Å².